The number of nitrogens with one attached hydrogen (secondary N) is 1. The number of hydrogen-bond donors (Lipinski definition) is 1. The number of hydrogen-bond acceptors (Lipinski definition) is 2. The molecule has 4 aliphatic rings. The van der Waals surface area contributed by atoms with Crippen molar-refractivity contribution in [3.05, 3.63) is 47.5 Å². The largest absolute Gasteiger partial charge is 0.346 e. The van der Waals surface area contributed by atoms with Gasteiger partial charge >= 0.3 is 0 Å². The molecule has 0 aliphatic heterocycles. The molecule has 1 aromatic heterocycles. The average Bonchev–Trinajstić information content (AvgIpc) is 2.95. The van der Waals surface area contributed by atoms with Crippen LogP contribution in [0.15, 0.2) is 30.5 Å². The first-order chi connectivity index (χ1) is 12.5. The van der Waals surface area contributed by atoms with Crippen LogP contribution in [0, 0.1) is 30.5 Å². The minimum Gasteiger partial charge on any atom is -0.346 e. The third kappa shape index (κ3) is 2.48. The van der Waals surface area contributed by atoms with Crippen LogP contribution in [0.3, 0.4) is 0 Å². The molecule has 4 bridgehead atoms. The van der Waals surface area contributed by atoms with Gasteiger partial charge in [-0.1, -0.05) is 12.1 Å². The summed E-state index contributed by atoms with van der Waals surface area (Å²) < 4.78 is 15.6. The van der Waals surface area contributed by atoms with Gasteiger partial charge in [-0.3, -0.25) is 4.79 Å². The van der Waals surface area contributed by atoms with E-state index in [0.29, 0.717) is 16.9 Å². The van der Waals surface area contributed by atoms with Gasteiger partial charge in [0.25, 0.3) is 5.91 Å². The molecule has 4 aliphatic carbocycles. The van der Waals surface area contributed by atoms with Crippen molar-refractivity contribution in [2.75, 3.05) is 0 Å². The maximum Gasteiger partial charge on any atom is 0.255 e. The quantitative estimate of drug-likeness (QED) is 0.906. The lowest BCUT2D eigenvalue weighted by molar-refractivity contribution is -0.0167. The second-order valence-electron chi connectivity index (χ2n) is 8.66. The molecular formula is C21H24FN3O. The topological polar surface area (TPSA) is 46.9 Å². The number of nitrogens with zero attached hydrogens (tertiary/aromatic N) is 2. The zero-order valence-electron chi connectivity index (χ0n) is 15.0. The molecule has 136 valence electrons. The summed E-state index contributed by atoms with van der Waals surface area (Å²) >= 11 is 0. The molecule has 0 saturated heterocycles. The van der Waals surface area contributed by atoms with Gasteiger partial charge in [0.2, 0.25) is 0 Å². The summed E-state index contributed by atoms with van der Waals surface area (Å²) in [5.74, 6) is 1.94. The Labute approximate surface area is 152 Å². The van der Waals surface area contributed by atoms with Gasteiger partial charge in [-0.15, -0.1) is 0 Å². The average molecular weight is 353 g/mol. The fraction of sp³-hybridized carbons (Fsp3) is 0.524. The predicted octanol–water partition coefficient (Wildman–Crippen LogP) is 4.02. The van der Waals surface area contributed by atoms with Crippen LogP contribution in [0.5, 0.6) is 0 Å². The zero-order valence-corrected chi connectivity index (χ0v) is 15.0. The van der Waals surface area contributed by atoms with Gasteiger partial charge in [0.05, 0.1) is 17.5 Å². The summed E-state index contributed by atoms with van der Waals surface area (Å²) in [6, 6.07) is 6.51. The van der Waals surface area contributed by atoms with Crippen LogP contribution < -0.4 is 5.32 Å². The first-order valence-corrected chi connectivity index (χ1v) is 9.65. The highest BCUT2D eigenvalue weighted by Crippen LogP contribution is 2.55. The van der Waals surface area contributed by atoms with Gasteiger partial charge in [0.15, 0.2) is 0 Å². The molecule has 2 aromatic rings. The van der Waals surface area contributed by atoms with Crippen LogP contribution in [0.1, 0.15) is 54.6 Å². The SMILES string of the molecule is Cc1c(C(=O)NC23CC4CC(CC(C4)C2)C3)cnn1-c1ccccc1F. The molecule has 1 heterocycles. The molecule has 1 amide bonds. The Kier molecular flexibility index (Phi) is 3.49. The third-order valence-corrected chi connectivity index (χ3v) is 6.75. The van der Waals surface area contributed by atoms with Crippen molar-refractivity contribution in [2.24, 2.45) is 17.8 Å². The Balaban J connectivity index is 1.41. The molecule has 5 heteroatoms. The summed E-state index contributed by atoms with van der Waals surface area (Å²) in [5, 5.41) is 7.65. The lowest BCUT2D eigenvalue weighted by Crippen LogP contribution is -2.59. The van der Waals surface area contributed by atoms with E-state index in [1.54, 1.807) is 24.4 Å². The maximum absolute atomic E-state index is 14.1. The lowest BCUT2D eigenvalue weighted by atomic mass is 9.53. The van der Waals surface area contributed by atoms with Crippen LogP contribution in [-0.2, 0) is 0 Å². The van der Waals surface area contributed by atoms with Crippen LogP contribution in [0.4, 0.5) is 4.39 Å². The summed E-state index contributed by atoms with van der Waals surface area (Å²) in [6.07, 6.45) is 8.96. The lowest BCUT2D eigenvalue weighted by Gasteiger charge is -2.56. The van der Waals surface area contributed by atoms with E-state index in [0.717, 1.165) is 37.0 Å². The normalized spacial score (nSPS) is 32.0. The van der Waals surface area contributed by atoms with E-state index in [2.05, 4.69) is 10.4 Å². The maximum atomic E-state index is 14.1. The highest BCUT2D eigenvalue weighted by molar-refractivity contribution is 5.95. The van der Waals surface area contributed by atoms with Gasteiger partial charge < -0.3 is 5.32 Å². The first kappa shape index (κ1) is 16.0. The van der Waals surface area contributed by atoms with Crippen LogP contribution >= 0.6 is 0 Å². The van der Waals surface area contributed by atoms with Crippen molar-refractivity contribution in [1.82, 2.24) is 15.1 Å². The van der Waals surface area contributed by atoms with E-state index in [9.17, 15) is 9.18 Å². The molecule has 0 atom stereocenters. The van der Waals surface area contributed by atoms with Crippen LogP contribution in [-0.4, -0.2) is 21.2 Å². The summed E-state index contributed by atoms with van der Waals surface area (Å²) in [4.78, 5) is 13.0. The Hall–Kier alpha value is -2.17. The summed E-state index contributed by atoms with van der Waals surface area (Å²) in [7, 11) is 0. The van der Waals surface area contributed by atoms with Crippen molar-refractivity contribution in [1.29, 1.82) is 0 Å². The van der Waals surface area contributed by atoms with Gasteiger partial charge in [-0.2, -0.15) is 5.10 Å². The van der Waals surface area contributed by atoms with Crippen molar-refractivity contribution in [3.8, 4) is 5.69 Å². The number of carbonyl (C=O) groups is 1. The fourth-order valence-electron chi connectivity index (χ4n) is 6.07. The van der Waals surface area contributed by atoms with Gasteiger partial charge in [0.1, 0.15) is 11.5 Å². The number of halogens is 1. The smallest absolute Gasteiger partial charge is 0.255 e. The molecule has 4 nitrogen and oxygen atoms in total. The minimum absolute atomic E-state index is 0.0294. The van der Waals surface area contributed by atoms with Crippen LogP contribution in [0.25, 0.3) is 5.69 Å². The van der Waals surface area contributed by atoms with E-state index in [4.69, 9.17) is 0 Å². The number of aromatic nitrogens is 2. The van der Waals surface area contributed by atoms with Crippen molar-refractivity contribution < 1.29 is 9.18 Å². The molecule has 26 heavy (non-hydrogen) atoms. The highest BCUT2D eigenvalue weighted by atomic mass is 19.1. The van der Waals surface area contributed by atoms with Gasteiger partial charge in [-0.05, 0) is 75.3 Å². The summed E-state index contributed by atoms with van der Waals surface area (Å²) in [6.45, 7) is 1.83. The predicted molar refractivity (Wildman–Crippen MR) is 96.6 cm³/mol. The van der Waals surface area contributed by atoms with E-state index in [1.165, 1.54) is 30.0 Å². The standard InChI is InChI=1S/C21H24FN3O/c1-13-17(12-23-25(13)19-5-3-2-4-18(19)22)20(26)24-21-9-14-6-15(10-21)8-16(7-14)11-21/h2-5,12,14-16H,6-11H2,1H3,(H,24,26). The summed E-state index contributed by atoms with van der Waals surface area (Å²) in [5.41, 5.74) is 1.57. The Morgan fingerprint density at radius 1 is 1.15 bits per heavy atom. The first-order valence-electron chi connectivity index (χ1n) is 9.65. The Bertz CT molecular complexity index is 837. The zero-order chi connectivity index (χ0) is 17.9. The number of amides is 1. The second kappa shape index (κ2) is 5.66. The minimum atomic E-state index is -0.341. The van der Waals surface area contributed by atoms with E-state index >= 15 is 0 Å². The van der Waals surface area contributed by atoms with E-state index in [-0.39, 0.29) is 17.3 Å². The number of benzene rings is 1. The van der Waals surface area contributed by atoms with Crippen molar-refractivity contribution in [3.63, 3.8) is 0 Å². The fourth-order valence-corrected chi connectivity index (χ4v) is 6.07. The Morgan fingerprint density at radius 3 is 2.38 bits per heavy atom. The molecule has 0 unspecified atom stereocenters. The molecule has 1 N–H and O–H groups in total. The Morgan fingerprint density at radius 2 is 1.77 bits per heavy atom. The molecule has 1 aromatic carbocycles. The molecule has 0 spiro atoms. The van der Waals surface area contributed by atoms with Gasteiger partial charge in [0, 0.05) is 5.54 Å². The van der Waals surface area contributed by atoms with Gasteiger partial charge in [-0.25, -0.2) is 9.07 Å². The number of para-hydroxylation sites is 1. The van der Waals surface area contributed by atoms with Crippen molar-refractivity contribution in [2.45, 2.75) is 51.0 Å². The number of rotatable bonds is 3. The number of carbonyl (C=O) groups excluding carboxylic acids is 1. The molecule has 0 radical (unpaired) electrons. The molecular weight excluding hydrogens is 329 g/mol. The van der Waals surface area contributed by atoms with E-state index in [1.807, 2.05) is 6.92 Å². The molecule has 4 fully saturated rings. The highest BCUT2D eigenvalue weighted by Gasteiger charge is 2.51. The monoisotopic (exact) mass is 353 g/mol. The third-order valence-electron chi connectivity index (χ3n) is 6.75. The van der Waals surface area contributed by atoms with E-state index < -0.39 is 0 Å². The second-order valence-corrected chi connectivity index (χ2v) is 8.66. The molecule has 6 rings (SSSR count). The molecule has 4 saturated carbocycles. The van der Waals surface area contributed by atoms with Crippen molar-refractivity contribution >= 4 is 5.91 Å². The van der Waals surface area contributed by atoms with Crippen LogP contribution in [0.2, 0.25) is 0 Å².